The molecule has 0 unspecified atom stereocenters. The Labute approximate surface area is 96.4 Å². The molecule has 0 fully saturated rings. The Bertz CT molecular complexity index is 405. The maximum absolute atomic E-state index is 11.8. The third-order valence-corrected chi connectivity index (χ3v) is 3.60. The van der Waals surface area contributed by atoms with Gasteiger partial charge in [0.1, 0.15) is 0 Å². The van der Waals surface area contributed by atoms with Crippen molar-refractivity contribution in [2.45, 2.75) is 6.42 Å². The zero-order valence-corrected chi connectivity index (χ0v) is 10.1. The van der Waals surface area contributed by atoms with Crippen LogP contribution in [0.3, 0.4) is 0 Å². The highest BCUT2D eigenvalue weighted by molar-refractivity contribution is 7.90. The molecule has 0 radical (unpaired) electrons. The van der Waals surface area contributed by atoms with Crippen LogP contribution in [-0.4, -0.2) is 32.9 Å². The largest absolute Gasteiger partial charge is 0.330 e. The van der Waals surface area contributed by atoms with Crippen molar-refractivity contribution in [2.24, 2.45) is 5.73 Å². The summed E-state index contributed by atoms with van der Waals surface area (Å²) in [5.74, 6) is 0. The second-order valence-corrected chi connectivity index (χ2v) is 5.21. The van der Waals surface area contributed by atoms with Gasteiger partial charge in [0.2, 0.25) is 0 Å². The third kappa shape index (κ3) is 3.80. The summed E-state index contributed by atoms with van der Waals surface area (Å²) in [6.07, 6.45) is 0.645. The molecule has 1 aromatic carbocycles. The number of nitrogens with one attached hydrogen (secondary N) is 1. The van der Waals surface area contributed by atoms with Crippen molar-refractivity contribution < 1.29 is 8.42 Å². The molecule has 0 aliphatic carbocycles. The van der Waals surface area contributed by atoms with Crippen molar-refractivity contribution in [3.63, 3.8) is 0 Å². The van der Waals surface area contributed by atoms with Crippen LogP contribution in [0, 0.1) is 0 Å². The van der Waals surface area contributed by atoms with E-state index in [-0.39, 0.29) is 0 Å². The molecule has 0 atom stereocenters. The molecule has 0 aromatic heterocycles. The Morgan fingerprint density at radius 3 is 2.50 bits per heavy atom. The summed E-state index contributed by atoms with van der Waals surface area (Å²) in [6.45, 7) is 0.893. The minimum Gasteiger partial charge on any atom is -0.330 e. The summed E-state index contributed by atoms with van der Waals surface area (Å²) in [7, 11) is -1.93. The lowest BCUT2D eigenvalue weighted by Crippen LogP contribution is -2.34. The van der Waals surface area contributed by atoms with Crippen molar-refractivity contribution >= 4 is 15.9 Å². The van der Waals surface area contributed by atoms with Gasteiger partial charge in [-0.3, -0.25) is 4.72 Å². The van der Waals surface area contributed by atoms with Gasteiger partial charge in [0.25, 0.3) is 0 Å². The van der Waals surface area contributed by atoms with Gasteiger partial charge in [0.15, 0.2) is 0 Å². The quantitative estimate of drug-likeness (QED) is 0.769. The molecule has 0 saturated heterocycles. The van der Waals surface area contributed by atoms with Gasteiger partial charge in [0, 0.05) is 19.3 Å². The van der Waals surface area contributed by atoms with Gasteiger partial charge in [-0.15, -0.1) is 0 Å². The van der Waals surface area contributed by atoms with Crippen molar-refractivity contribution in [3.8, 4) is 0 Å². The Kier molecular flexibility index (Phi) is 4.72. The van der Waals surface area contributed by atoms with Gasteiger partial charge < -0.3 is 5.73 Å². The van der Waals surface area contributed by atoms with Gasteiger partial charge in [-0.05, 0) is 25.1 Å². The first-order chi connectivity index (χ1) is 7.56. The van der Waals surface area contributed by atoms with Crippen LogP contribution < -0.4 is 10.5 Å². The fourth-order valence-corrected chi connectivity index (χ4v) is 2.13. The summed E-state index contributed by atoms with van der Waals surface area (Å²) in [6, 6.07) is 8.79. The first-order valence-corrected chi connectivity index (χ1v) is 6.49. The van der Waals surface area contributed by atoms with Crippen molar-refractivity contribution in [3.05, 3.63) is 30.3 Å². The van der Waals surface area contributed by atoms with E-state index in [0.29, 0.717) is 25.2 Å². The lowest BCUT2D eigenvalue weighted by molar-refractivity contribution is 0.468. The lowest BCUT2D eigenvalue weighted by atomic mass is 10.3. The molecule has 3 N–H and O–H groups in total. The van der Waals surface area contributed by atoms with Crippen LogP contribution >= 0.6 is 0 Å². The van der Waals surface area contributed by atoms with Crippen LogP contribution in [0.1, 0.15) is 6.42 Å². The predicted molar refractivity (Wildman–Crippen MR) is 65.3 cm³/mol. The van der Waals surface area contributed by atoms with E-state index in [9.17, 15) is 8.42 Å². The summed E-state index contributed by atoms with van der Waals surface area (Å²) in [5, 5.41) is 0. The zero-order chi connectivity index (χ0) is 12.0. The topological polar surface area (TPSA) is 75.4 Å². The van der Waals surface area contributed by atoms with Gasteiger partial charge in [-0.2, -0.15) is 12.7 Å². The maximum atomic E-state index is 11.8. The van der Waals surface area contributed by atoms with E-state index in [0.717, 1.165) is 0 Å². The summed E-state index contributed by atoms with van der Waals surface area (Å²) in [4.78, 5) is 0. The lowest BCUT2D eigenvalue weighted by Gasteiger charge is -2.17. The van der Waals surface area contributed by atoms with Gasteiger partial charge in [-0.1, -0.05) is 18.2 Å². The molecule has 0 bridgehead atoms. The van der Waals surface area contributed by atoms with Gasteiger partial charge in [0.05, 0.1) is 0 Å². The summed E-state index contributed by atoms with van der Waals surface area (Å²) < 4.78 is 27.3. The highest BCUT2D eigenvalue weighted by Crippen LogP contribution is 2.09. The number of rotatable bonds is 6. The highest BCUT2D eigenvalue weighted by Gasteiger charge is 2.16. The molecule has 5 nitrogen and oxygen atoms in total. The zero-order valence-electron chi connectivity index (χ0n) is 9.26. The SMILES string of the molecule is CN(CCCN)S(=O)(=O)Nc1ccccc1. The van der Waals surface area contributed by atoms with E-state index < -0.39 is 10.2 Å². The first kappa shape index (κ1) is 13.0. The van der Waals surface area contributed by atoms with Crippen molar-refractivity contribution in [1.29, 1.82) is 0 Å². The van der Waals surface area contributed by atoms with Crippen LogP contribution in [0.2, 0.25) is 0 Å². The molecule has 1 rings (SSSR count). The summed E-state index contributed by atoms with van der Waals surface area (Å²) in [5.41, 5.74) is 5.89. The molecule has 6 heteroatoms. The molecular formula is C10H17N3O2S. The van der Waals surface area contributed by atoms with Crippen LogP contribution in [0.25, 0.3) is 0 Å². The Balaban J connectivity index is 2.65. The number of anilines is 1. The fraction of sp³-hybridized carbons (Fsp3) is 0.400. The van der Waals surface area contributed by atoms with Gasteiger partial charge in [-0.25, -0.2) is 0 Å². The summed E-state index contributed by atoms with van der Waals surface area (Å²) >= 11 is 0. The van der Waals surface area contributed by atoms with Crippen LogP contribution in [-0.2, 0) is 10.2 Å². The molecule has 90 valence electrons. The van der Waals surface area contributed by atoms with E-state index in [1.165, 1.54) is 11.4 Å². The number of benzene rings is 1. The van der Waals surface area contributed by atoms with Crippen LogP contribution in [0.5, 0.6) is 0 Å². The second kappa shape index (κ2) is 5.83. The smallest absolute Gasteiger partial charge is 0.301 e. The fourth-order valence-electron chi connectivity index (χ4n) is 1.17. The molecule has 16 heavy (non-hydrogen) atoms. The average molecular weight is 243 g/mol. The Morgan fingerprint density at radius 2 is 1.94 bits per heavy atom. The monoisotopic (exact) mass is 243 g/mol. The van der Waals surface area contributed by atoms with E-state index in [4.69, 9.17) is 5.73 Å². The van der Waals surface area contributed by atoms with Gasteiger partial charge >= 0.3 is 10.2 Å². The van der Waals surface area contributed by atoms with E-state index in [2.05, 4.69) is 4.72 Å². The maximum Gasteiger partial charge on any atom is 0.301 e. The normalized spacial score (nSPS) is 11.7. The van der Waals surface area contributed by atoms with E-state index >= 15 is 0 Å². The Morgan fingerprint density at radius 1 is 1.31 bits per heavy atom. The number of nitrogens with zero attached hydrogens (tertiary/aromatic N) is 1. The van der Waals surface area contributed by atoms with E-state index in [1.807, 2.05) is 6.07 Å². The number of hydrogen-bond donors (Lipinski definition) is 2. The number of nitrogens with two attached hydrogens (primary N) is 1. The molecule has 0 aliphatic heterocycles. The van der Waals surface area contributed by atoms with Crippen molar-refractivity contribution in [1.82, 2.24) is 4.31 Å². The molecule has 1 aromatic rings. The average Bonchev–Trinajstić information content (AvgIpc) is 2.26. The standard InChI is InChI=1S/C10H17N3O2S/c1-13(9-5-8-11)16(14,15)12-10-6-3-2-4-7-10/h2-4,6-7,12H,5,8-9,11H2,1H3. The predicted octanol–water partition coefficient (Wildman–Crippen LogP) is 0.624. The first-order valence-electron chi connectivity index (χ1n) is 5.05. The molecular weight excluding hydrogens is 226 g/mol. The number of hydrogen-bond acceptors (Lipinski definition) is 3. The molecule has 0 amide bonds. The molecule has 0 heterocycles. The Hall–Kier alpha value is -1.11. The number of para-hydroxylation sites is 1. The molecule has 0 saturated carbocycles. The van der Waals surface area contributed by atoms with Crippen LogP contribution in [0.15, 0.2) is 30.3 Å². The van der Waals surface area contributed by atoms with E-state index in [1.54, 1.807) is 24.3 Å². The minimum atomic E-state index is -3.46. The minimum absolute atomic E-state index is 0.415. The molecule has 0 aliphatic rings. The second-order valence-electron chi connectivity index (χ2n) is 3.44. The molecule has 0 spiro atoms. The highest BCUT2D eigenvalue weighted by atomic mass is 32.2. The van der Waals surface area contributed by atoms with Crippen LogP contribution in [0.4, 0.5) is 5.69 Å². The van der Waals surface area contributed by atoms with Crippen molar-refractivity contribution in [2.75, 3.05) is 24.9 Å². The third-order valence-electron chi connectivity index (χ3n) is 2.11.